The summed E-state index contributed by atoms with van der Waals surface area (Å²) in [5.41, 5.74) is 0. The number of thioether (sulfide) groups is 1. The molecule has 2 amide bonds. The third kappa shape index (κ3) is 4.14. The number of phenolic OH excluding ortho intramolecular Hbond substituents is 1. The lowest BCUT2D eigenvalue weighted by Gasteiger charge is -2.35. The van der Waals surface area contributed by atoms with Crippen molar-refractivity contribution in [2.24, 2.45) is 0 Å². The van der Waals surface area contributed by atoms with Gasteiger partial charge in [-0.3, -0.25) is 9.59 Å². The first kappa shape index (κ1) is 15.7. The van der Waals surface area contributed by atoms with Crippen LogP contribution in [0.5, 0.6) is 5.75 Å². The monoisotopic (exact) mass is 308 g/mol. The zero-order valence-corrected chi connectivity index (χ0v) is 13.1. The van der Waals surface area contributed by atoms with Crippen molar-refractivity contribution >= 4 is 23.6 Å². The third-order valence-electron chi connectivity index (χ3n) is 3.53. The van der Waals surface area contributed by atoms with Crippen LogP contribution in [-0.4, -0.2) is 58.1 Å². The maximum atomic E-state index is 12.4. The molecule has 0 saturated carbocycles. The summed E-state index contributed by atoms with van der Waals surface area (Å²) in [6.45, 7) is 5.85. The second-order valence-corrected chi connectivity index (χ2v) is 6.50. The predicted octanol–water partition coefficient (Wildman–Crippen LogP) is 1.56. The summed E-state index contributed by atoms with van der Waals surface area (Å²) in [6, 6.07) is 6.84. The molecular formula is C15H20N2O3S. The van der Waals surface area contributed by atoms with E-state index in [1.165, 1.54) is 11.8 Å². The summed E-state index contributed by atoms with van der Waals surface area (Å²) in [5, 5.41) is 9.07. The second-order valence-electron chi connectivity index (χ2n) is 5.09. The molecule has 0 aliphatic carbocycles. The molecule has 0 aromatic heterocycles. The minimum atomic E-state index is -0.182. The van der Waals surface area contributed by atoms with Gasteiger partial charge in [-0.05, 0) is 31.2 Å². The van der Waals surface area contributed by atoms with Crippen LogP contribution in [-0.2, 0) is 9.59 Å². The molecule has 1 aliphatic rings. The Morgan fingerprint density at radius 2 is 1.62 bits per heavy atom. The fraction of sp³-hybridized carbons (Fsp3) is 0.467. The highest BCUT2D eigenvalue weighted by Gasteiger charge is 2.26. The van der Waals surface area contributed by atoms with Crippen LogP contribution < -0.4 is 0 Å². The number of hydrogen-bond acceptors (Lipinski definition) is 4. The zero-order valence-electron chi connectivity index (χ0n) is 12.3. The molecule has 0 spiro atoms. The number of rotatable bonds is 3. The third-order valence-corrected chi connectivity index (χ3v) is 4.63. The lowest BCUT2D eigenvalue weighted by molar-refractivity contribution is -0.137. The van der Waals surface area contributed by atoms with Gasteiger partial charge in [0.05, 0.1) is 5.25 Å². The fourth-order valence-electron chi connectivity index (χ4n) is 2.28. The summed E-state index contributed by atoms with van der Waals surface area (Å²) in [7, 11) is 0. The lowest BCUT2D eigenvalue weighted by Crippen LogP contribution is -2.51. The van der Waals surface area contributed by atoms with Crippen LogP contribution in [0.3, 0.4) is 0 Å². The smallest absolute Gasteiger partial charge is 0.235 e. The van der Waals surface area contributed by atoms with E-state index in [2.05, 4.69) is 0 Å². The minimum absolute atomic E-state index is 0.0635. The molecule has 0 radical (unpaired) electrons. The Hall–Kier alpha value is -1.69. The molecule has 2 rings (SSSR count). The SMILES string of the molecule is CC(=O)N1CCN(C(=O)C(C)Sc2ccc(O)cc2)CC1. The van der Waals surface area contributed by atoms with Gasteiger partial charge in [0.25, 0.3) is 0 Å². The topological polar surface area (TPSA) is 60.9 Å². The summed E-state index contributed by atoms with van der Waals surface area (Å²) in [5.74, 6) is 0.378. The van der Waals surface area contributed by atoms with Crippen molar-refractivity contribution in [2.75, 3.05) is 26.2 Å². The highest BCUT2D eigenvalue weighted by Crippen LogP contribution is 2.26. The van der Waals surface area contributed by atoms with E-state index in [9.17, 15) is 14.7 Å². The summed E-state index contributed by atoms with van der Waals surface area (Å²) in [4.78, 5) is 28.2. The summed E-state index contributed by atoms with van der Waals surface area (Å²) in [6.07, 6.45) is 0. The maximum Gasteiger partial charge on any atom is 0.235 e. The molecule has 1 N–H and O–H groups in total. The van der Waals surface area contributed by atoms with Crippen LogP contribution in [0.1, 0.15) is 13.8 Å². The maximum absolute atomic E-state index is 12.4. The molecule has 1 aromatic rings. The predicted molar refractivity (Wildman–Crippen MR) is 82.3 cm³/mol. The van der Waals surface area contributed by atoms with Crippen molar-refractivity contribution in [2.45, 2.75) is 24.0 Å². The molecule has 5 nitrogen and oxygen atoms in total. The van der Waals surface area contributed by atoms with Crippen LogP contribution in [0.4, 0.5) is 0 Å². The molecule has 114 valence electrons. The molecule has 1 saturated heterocycles. The van der Waals surface area contributed by atoms with Crippen molar-refractivity contribution in [1.82, 2.24) is 9.80 Å². The number of aromatic hydroxyl groups is 1. The van der Waals surface area contributed by atoms with Gasteiger partial charge in [-0.15, -0.1) is 11.8 Å². The number of carbonyl (C=O) groups excluding carboxylic acids is 2. The Morgan fingerprint density at radius 1 is 1.10 bits per heavy atom. The number of amides is 2. The molecular weight excluding hydrogens is 288 g/mol. The molecule has 1 unspecified atom stereocenters. The number of hydrogen-bond donors (Lipinski definition) is 1. The number of piperazine rings is 1. The lowest BCUT2D eigenvalue weighted by atomic mass is 10.3. The number of nitrogens with zero attached hydrogens (tertiary/aromatic N) is 2. The largest absolute Gasteiger partial charge is 0.508 e. The van der Waals surface area contributed by atoms with E-state index in [-0.39, 0.29) is 22.8 Å². The van der Waals surface area contributed by atoms with E-state index >= 15 is 0 Å². The van der Waals surface area contributed by atoms with Crippen molar-refractivity contribution in [1.29, 1.82) is 0 Å². The molecule has 21 heavy (non-hydrogen) atoms. The summed E-state index contributed by atoms with van der Waals surface area (Å²) >= 11 is 1.48. The van der Waals surface area contributed by atoms with E-state index < -0.39 is 0 Å². The highest BCUT2D eigenvalue weighted by atomic mass is 32.2. The molecule has 1 aromatic carbocycles. The van der Waals surface area contributed by atoms with Gasteiger partial charge in [0.2, 0.25) is 11.8 Å². The van der Waals surface area contributed by atoms with E-state index in [4.69, 9.17) is 0 Å². The second kappa shape index (κ2) is 6.85. The minimum Gasteiger partial charge on any atom is -0.508 e. The molecule has 0 bridgehead atoms. The quantitative estimate of drug-likeness (QED) is 0.861. The Bertz CT molecular complexity index is 510. The standard InChI is InChI=1S/C15H20N2O3S/c1-11(21-14-5-3-13(19)4-6-14)15(20)17-9-7-16(8-10-17)12(2)18/h3-6,11,19H,7-10H2,1-2H3. The average Bonchev–Trinajstić information content (AvgIpc) is 2.49. The normalized spacial score (nSPS) is 16.7. The van der Waals surface area contributed by atoms with Crippen molar-refractivity contribution in [3.63, 3.8) is 0 Å². The number of carbonyl (C=O) groups is 2. The zero-order chi connectivity index (χ0) is 15.4. The van der Waals surface area contributed by atoms with E-state index in [0.29, 0.717) is 26.2 Å². The number of benzene rings is 1. The molecule has 1 fully saturated rings. The van der Waals surface area contributed by atoms with Gasteiger partial charge in [-0.25, -0.2) is 0 Å². The van der Waals surface area contributed by atoms with Gasteiger partial charge in [-0.1, -0.05) is 0 Å². The Balaban J connectivity index is 1.88. The van der Waals surface area contributed by atoms with E-state index in [0.717, 1.165) is 4.90 Å². The Morgan fingerprint density at radius 3 is 2.14 bits per heavy atom. The first-order valence-electron chi connectivity index (χ1n) is 6.97. The number of phenols is 1. The van der Waals surface area contributed by atoms with Gasteiger partial charge < -0.3 is 14.9 Å². The molecule has 1 heterocycles. The van der Waals surface area contributed by atoms with Gasteiger partial charge >= 0.3 is 0 Å². The highest BCUT2D eigenvalue weighted by molar-refractivity contribution is 8.00. The van der Waals surface area contributed by atoms with Crippen LogP contribution in [0.25, 0.3) is 0 Å². The van der Waals surface area contributed by atoms with Crippen LogP contribution in [0.2, 0.25) is 0 Å². The van der Waals surface area contributed by atoms with Crippen molar-refractivity contribution < 1.29 is 14.7 Å². The van der Waals surface area contributed by atoms with Crippen molar-refractivity contribution in [3.8, 4) is 5.75 Å². The van der Waals surface area contributed by atoms with Gasteiger partial charge in [0.1, 0.15) is 5.75 Å². The van der Waals surface area contributed by atoms with E-state index in [1.54, 1.807) is 36.1 Å². The van der Waals surface area contributed by atoms with Gasteiger partial charge in [0, 0.05) is 38.0 Å². The van der Waals surface area contributed by atoms with Crippen molar-refractivity contribution in [3.05, 3.63) is 24.3 Å². The molecule has 6 heteroatoms. The van der Waals surface area contributed by atoms with E-state index in [1.807, 2.05) is 11.8 Å². The van der Waals surface area contributed by atoms with Gasteiger partial charge in [0.15, 0.2) is 0 Å². The van der Waals surface area contributed by atoms with Crippen LogP contribution >= 0.6 is 11.8 Å². The van der Waals surface area contributed by atoms with Crippen LogP contribution in [0.15, 0.2) is 29.2 Å². The first-order valence-corrected chi connectivity index (χ1v) is 7.85. The fourth-order valence-corrected chi connectivity index (χ4v) is 3.23. The Labute approximate surface area is 128 Å². The molecule has 1 atom stereocenters. The Kier molecular flexibility index (Phi) is 5.12. The van der Waals surface area contributed by atoms with Gasteiger partial charge in [-0.2, -0.15) is 0 Å². The van der Waals surface area contributed by atoms with Crippen LogP contribution in [0, 0.1) is 0 Å². The average molecular weight is 308 g/mol. The molecule has 1 aliphatic heterocycles. The first-order chi connectivity index (χ1) is 9.97. The summed E-state index contributed by atoms with van der Waals surface area (Å²) < 4.78 is 0.